The number of nitrogens with zero attached hydrogens (tertiary/aromatic N) is 4. The van der Waals surface area contributed by atoms with E-state index in [0.717, 1.165) is 48.6 Å². The molecule has 1 aromatic carbocycles. The normalized spacial score (nSPS) is 14.2. The van der Waals surface area contributed by atoms with Crippen molar-refractivity contribution in [2.24, 2.45) is 4.99 Å². The molecular weight excluding hydrogens is 386 g/mol. The molecule has 0 unspecified atom stereocenters. The van der Waals surface area contributed by atoms with Crippen molar-refractivity contribution in [1.82, 2.24) is 14.9 Å². The van der Waals surface area contributed by atoms with Crippen molar-refractivity contribution < 1.29 is 4.74 Å². The van der Waals surface area contributed by atoms with Crippen molar-refractivity contribution >= 4 is 24.1 Å². The third kappa shape index (κ3) is 5.89. The van der Waals surface area contributed by atoms with Gasteiger partial charge in [0.15, 0.2) is 0 Å². The summed E-state index contributed by atoms with van der Waals surface area (Å²) in [6.45, 7) is 10.3. The highest BCUT2D eigenvalue weighted by Crippen LogP contribution is 2.31. The monoisotopic (exact) mass is 417 g/mol. The topological polar surface area (TPSA) is 62.6 Å². The molecule has 6 nitrogen and oxygen atoms in total. The Morgan fingerprint density at radius 2 is 2.06 bits per heavy atom. The maximum Gasteiger partial charge on any atom is 0.223 e. The number of methoxy groups -OCH3 is 1. The van der Waals surface area contributed by atoms with E-state index in [1.54, 1.807) is 13.3 Å². The van der Waals surface area contributed by atoms with Crippen LogP contribution >= 0.6 is 0 Å². The number of hydrogen-bond donors (Lipinski definition) is 1. The number of aromatic nitrogens is 2. The fourth-order valence-corrected chi connectivity index (χ4v) is 3.37. The van der Waals surface area contributed by atoms with Gasteiger partial charge in [0.2, 0.25) is 5.95 Å². The summed E-state index contributed by atoms with van der Waals surface area (Å²) in [6, 6.07) is 10.2. The third-order valence-corrected chi connectivity index (χ3v) is 5.13. The minimum Gasteiger partial charge on any atom is -0.385 e. The lowest BCUT2D eigenvalue weighted by atomic mass is 10.0. The third-order valence-electron chi connectivity index (χ3n) is 5.13. The number of hydrogen-bond acceptors (Lipinski definition) is 6. The molecule has 1 N–H and O–H groups in total. The zero-order valence-corrected chi connectivity index (χ0v) is 18.6. The molecule has 3 rings (SSSR count). The molecule has 0 bridgehead atoms. The summed E-state index contributed by atoms with van der Waals surface area (Å²) < 4.78 is 5.11. The molecule has 0 fully saturated rings. The van der Waals surface area contributed by atoms with Crippen molar-refractivity contribution in [1.29, 1.82) is 0 Å². The molecule has 2 aromatic rings. The minimum absolute atomic E-state index is 0.587. The first-order valence-electron chi connectivity index (χ1n) is 10.6. The van der Waals surface area contributed by atoms with Gasteiger partial charge < -0.3 is 15.0 Å². The molecule has 0 spiro atoms. The van der Waals surface area contributed by atoms with Crippen molar-refractivity contribution in [2.75, 3.05) is 32.1 Å². The molecule has 0 atom stereocenters. The SMILES string of the molecule is C=N/C(=C(/c1ccnc(NCCCOC)n1)N1C=CC(CC)=CC1)c1ccc(C)cc1. The van der Waals surface area contributed by atoms with Gasteiger partial charge in [-0.25, -0.2) is 9.97 Å². The fourth-order valence-electron chi connectivity index (χ4n) is 3.37. The summed E-state index contributed by atoms with van der Waals surface area (Å²) in [5.41, 5.74) is 6.02. The number of ether oxygens (including phenoxy) is 1. The number of nitrogens with one attached hydrogen (secondary N) is 1. The molecule has 1 aromatic heterocycles. The van der Waals surface area contributed by atoms with E-state index in [1.807, 2.05) is 6.07 Å². The van der Waals surface area contributed by atoms with E-state index in [2.05, 4.69) is 83.4 Å². The lowest BCUT2D eigenvalue weighted by Gasteiger charge is -2.27. The minimum atomic E-state index is 0.587. The van der Waals surface area contributed by atoms with Gasteiger partial charge in [-0.2, -0.15) is 0 Å². The number of anilines is 1. The van der Waals surface area contributed by atoms with Gasteiger partial charge in [0.25, 0.3) is 0 Å². The maximum atomic E-state index is 5.11. The van der Waals surface area contributed by atoms with Crippen LogP contribution in [0, 0.1) is 6.92 Å². The van der Waals surface area contributed by atoms with Crippen LogP contribution in [0.5, 0.6) is 0 Å². The van der Waals surface area contributed by atoms with E-state index in [-0.39, 0.29) is 0 Å². The van der Waals surface area contributed by atoms with Gasteiger partial charge >= 0.3 is 0 Å². The van der Waals surface area contributed by atoms with E-state index in [0.29, 0.717) is 12.6 Å². The van der Waals surface area contributed by atoms with Gasteiger partial charge in [0.05, 0.1) is 17.1 Å². The summed E-state index contributed by atoms with van der Waals surface area (Å²) in [5, 5.41) is 3.28. The first-order valence-corrected chi connectivity index (χ1v) is 10.6. The first-order chi connectivity index (χ1) is 15.2. The molecule has 31 heavy (non-hydrogen) atoms. The molecule has 0 saturated carbocycles. The van der Waals surface area contributed by atoms with Crippen LogP contribution in [0.2, 0.25) is 0 Å². The zero-order chi connectivity index (χ0) is 22.1. The average molecular weight is 418 g/mol. The molecule has 0 aliphatic carbocycles. The number of benzene rings is 1. The summed E-state index contributed by atoms with van der Waals surface area (Å²) in [4.78, 5) is 15.8. The predicted molar refractivity (Wildman–Crippen MR) is 129 cm³/mol. The van der Waals surface area contributed by atoms with E-state index >= 15 is 0 Å². The highest BCUT2D eigenvalue weighted by molar-refractivity contribution is 5.90. The highest BCUT2D eigenvalue weighted by atomic mass is 16.5. The second-order valence-corrected chi connectivity index (χ2v) is 7.36. The molecule has 1 aliphatic heterocycles. The number of aliphatic imine (C=N–C) groups is 1. The molecule has 6 heteroatoms. The number of rotatable bonds is 10. The van der Waals surface area contributed by atoms with Crippen LogP contribution < -0.4 is 5.32 Å². The maximum absolute atomic E-state index is 5.11. The lowest BCUT2D eigenvalue weighted by Crippen LogP contribution is -2.21. The molecule has 0 radical (unpaired) electrons. The molecule has 0 amide bonds. The Morgan fingerprint density at radius 3 is 2.71 bits per heavy atom. The second-order valence-electron chi connectivity index (χ2n) is 7.36. The Bertz CT molecular complexity index is 976. The van der Waals surface area contributed by atoms with E-state index in [9.17, 15) is 0 Å². The smallest absolute Gasteiger partial charge is 0.223 e. The van der Waals surface area contributed by atoms with E-state index in [1.165, 1.54) is 11.1 Å². The summed E-state index contributed by atoms with van der Waals surface area (Å²) in [5.74, 6) is 0.587. The summed E-state index contributed by atoms with van der Waals surface area (Å²) >= 11 is 0. The van der Waals surface area contributed by atoms with Crippen molar-refractivity contribution in [3.8, 4) is 0 Å². The van der Waals surface area contributed by atoms with Crippen molar-refractivity contribution in [3.05, 3.63) is 77.3 Å². The summed E-state index contributed by atoms with van der Waals surface area (Å²) in [6.07, 6.45) is 10.1. The average Bonchev–Trinajstić information content (AvgIpc) is 2.81. The van der Waals surface area contributed by atoms with Gasteiger partial charge in [-0.05, 0) is 44.2 Å². The van der Waals surface area contributed by atoms with Crippen LogP contribution in [0.4, 0.5) is 5.95 Å². The molecule has 162 valence electrons. The Balaban J connectivity index is 2.02. The predicted octanol–water partition coefficient (Wildman–Crippen LogP) is 4.93. The van der Waals surface area contributed by atoms with Crippen LogP contribution in [-0.2, 0) is 4.74 Å². The zero-order valence-electron chi connectivity index (χ0n) is 18.6. The largest absolute Gasteiger partial charge is 0.385 e. The molecular formula is C25H31N5O. The lowest BCUT2D eigenvalue weighted by molar-refractivity contribution is 0.197. The Labute approximate surface area is 185 Å². The quantitative estimate of drug-likeness (QED) is 0.439. The number of allylic oxidation sites excluding steroid dienone is 2. The molecule has 1 aliphatic rings. The van der Waals surface area contributed by atoms with Crippen LogP contribution in [-0.4, -0.2) is 48.4 Å². The van der Waals surface area contributed by atoms with Crippen LogP contribution in [0.1, 0.15) is 36.6 Å². The van der Waals surface area contributed by atoms with Crippen molar-refractivity contribution in [2.45, 2.75) is 26.7 Å². The number of aryl methyl sites for hydroxylation is 1. The van der Waals surface area contributed by atoms with E-state index in [4.69, 9.17) is 9.72 Å². The summed E-state index contributed by atoms with van der Waals surface area (Å²) in [7, 11) is 1.70. The Kier molecular flexibility index (Phi) is 8.12. The van der Waals surface area contributed by atoms with Gasteiger partial charge in [-0.1, -0.05) is 42.8 Å². The Morgan fingerprint density at radius 1 is 1.26 bits per heavy atom. The fraction of sp³-hybridized carbons (Fsp3) is 0.320. The van der Waals surface area contributed by atoms with E-state index < -0.39 is 0 Å². The van der Waals surface area contributed by atoms with Crippen LogP contribution in [0.3, 0.4) is 0 Å². The molecule has 2 heterocycles. The van der Waals surface area contributed by atoms with Crippen LogP contribution in [0.25, 0.3) is 11.4 Å². The van der Waals surface area contributed by atoms with Gasteiger partial charge in [-0.15, -0.1) is 0 Å². The highest BCUT2D eigenvalue weighted by Gasteiger charge is 2.19. The van der Waals surface area contributed by atoms with Crippen LogP contribution in [0.15, 0.2) is 65.4 Å². The van der Waals surface area contributed by atoms with Gasteiger partial charge in [0, 0.05) is 44.8 Å². The van der Waals surface area contributed by atoms with Gasteiger partial charge in [0.1, 0.15) is 0 Å². The Hall–Kier alpha value is -3.25. The standard InChI is InChI=1S/C25H31N5O/c1-5-20-12-16-30(17-13-20)24(23(26-3)21-9-7-19(2)8-10-21)22-11-15-28-25(29-22)27-14-6-18-31-4/h7-13,15-16H,3,5-6,14,17-18H2,1-2,4H3,(H,27,28,29)/b24-23-. The second kappa shape index (κ2) is 11.2. The first kappa shape index (κ1) is 22.4. The van der Waals surface area contributed by atoms with Gasteiger partial charge in [-0.3, -0.25) is 4.99 Å². The van der Waals surface area contributed by atoms with Crippen molar-refractivity contribution in [3.63, 3.8) is 0 Å². The molecule has 0 saturated heterocycles.